The molecule has 1 unspecified atom stereocenters. The van der Waals surface area contributed by atoms with E-state index in [0.29, 0.717) is 12.0 Å². The summed E-state index contributed by atoms with van der Waals surface area (Å²) in [5.41, 5.74) is 7.61. The van der Waals surface area contributed by atoms with E-state index in [4.69, 9.17) is 5.73 Å². The molecule has 1 aliphatic rings. The molecule has 0 bridgehead atoms. The highest BCUT2D eigenvalue weighted by Gasteiger charge is 2.27. The first-order valence-electron chi connectivity index (χ1n) is 6.62. The van der Waals surface area contributed by atoms with E-state index < -0.39 is 0 Å². The molecule has 18 heavy (non-hydrogen) atoms. The summed E-state index contributed by atoms with van der Waals surface area (Å²) in [6, 6.07) is 5.00. The molecule has 0 aliphatic heterocycles. The van der Waals surface area contributed by atoms with Gasteiger partial charge in [0.2, 0.25) is 5.95 Å². The Labute approximate surface area is 106 Å². The van der Waals surface area contributed by atoms with E-state index in [-0.39, 0.29) is 5.82 Å². The Morgan fingerprint density at radius 3 is 2.94 bits per heavy atom. The van der Waals surface area contributed by atoms with E-state index in [0.717, 1.165) is 29.8 Å². The van der Waals surface area contributed by atoms with E-state index in [1.165, 1.54) is 25.0 Å². The number of nitrogen functional groups attached to an aromatic ring is 1. The van der Waals surface area contributed by atoms with Crippen molar-refractivity contribution in [2.75, 3.05) is 5.73 Å². The van der Waals surface area contributed by atoms with E-state index in [1.807, 2.05) is 4.57 Å². The highest BCUT2D eigenvalue weighted by molar-refractivity contribution is 5.78. The molecule has 2 aromatic rings. The first kappa shape index (κ1) is 11.5. The van der Waals surface area contributed by atoms with Gasteiger partial charge in [0.15, 0.2) is 0 Å². The standard InChI is InChI=1S/C14H18FN3/c1-2-11(7-9-3-4-9)18-13-8-10(15)5-6-12(13)17-14(18)16/h5-6,8-9,11H,2-4,7H2,1H3,(H2,16,17). The zero-order chi connectivity index (χ0) is 12.7. The highest BCUT2D eigenvalue weighted by atomic mass is 19.1. The molecular weight excluding hydrogens is 229 g/mol. The molecular formula is C14H18FN3. The Morgan fingerprint density at radius 1 is 1.50 bits per heavy atom. The van der Waals surface area contributed by atoms with Crippen LogP contribution in [-0.4, -0.2) is 9.55 Å². The van der Waals surface area contributed by atoms with Crippen molar-refractivity contribution in [1.29, 1.82) is 0 Å². The van der Waals surface area contributed by atoms with Gasteiger partial charge in [-0.3, -0.25) is 0 Å². The molecule has 1 aromatic carbocycles. The second kappa shape index (κ2) is 4.26. The van der Waals surface area contributed by atoms with Crippen molar-refractivity contribution >= 4 is 17.0 Å². The largest absolute Gasteiger partial charge is 0.369 e. The lowest BCUT2D eigenvalue weighted by Crippen LogP contribution is -2.12. The Kier molecular flexibility index (Phi) is 2.73. The van der Waals surface area contributed by atoms with E-state index in [9.17, 15) is 4.39 Å². The molecule has 1 aliphatic carbocycles. The second-order valence-electron chi connectivity index (χ2n) is 5.21. The number of aromatic nitrogens is 2. The Bertz CT molecular complexity index is 572. The molecule has 1 fully saturated rings. The number of nitrogens with zero attached hydrogens (tertiary/aromatic N) is 2. The smallest absolute Gasteiger partial charge is 0.201 e. The van der Waals surface area contributed by atoms with E-state index >= 15 is 0 Å². The molecule has 96 valence electrons. The fraction of sp³-hybridized carbons (Fsp3) is 0.500. The third-order valence-corrected chi connectivity index (χ3v) is 3.82. The maximum Gasteiger partial charge on any atom is 0.201 e. The fourth-order valence-corrected chi connectivity index (χ4v) is 2.66. The minimum atomic E-state index is -0.232. The van der Waals surface area contributed by atoms with Crippen LogP contribution in [0.2, 0.25) is 0 Å². The van der Waals surface area contributed by atoms with Crippen molar-refractivity contribution < 1.29 is 4.39 Å². The summed E-state index contributed by atoms with van der Waals surface area (Å²) >= 11 is 0. The van der Waals surface area contributed by atoms with Gasteiger partial charge in [-0.1, -0.05) is 19.8 Å². The van der Waals surface area contributed by atoms with Gasteiger partial charge < -0.3 is 10.3 Å². The molecule has 0 amide bonds. The van der Waals surface area contributed by atoms with E-state index in [2.05, 4.69) is 11.9 Å². The van der Waals surface area contributed by atoms with Crippen molar-refractivity contribution in [1.82, 2.24) is 9.55 Å². The van der Waals surface area contributed by atoms with Crippen LogP contribution >= 0.6 is 0 Å². The lowest BCUT2D eigenvalue weighted by atomic mass is 10.1. The van der Waals surface area contributed by atoms with Gasteiger partial charge in [-0.25, -0.2) is 9.37 Å². The van der Waals surface area contributed by atoms with Crippen LogP contribution in [0.15, 0.2) is 18.2 Å². The zero-order valence-corrected chi connectivity index (χ0v) is 10.6. The number of rotatable bonds is 4. The van der Waals surface area contributed by atoms with Gasteiger partial charge in [-0.15, -0.1) is 0 Å². The van der Waals surface area contributed by atoms with Gasteiger partial charge in [0, 0.05) is 6.04 Å². The number of benzene rings is 1. The van der Waals surface area contributed by atoms with Crippen LogP contribution in [0.5, 0.6) is 0 Å². The normalized spacial score (nSPS) is 17.2. The zero-order valence-electron chi connectivity index (χ0n) is 10.6. The average molecular weight is 247 g/mol. The number of anilines is 1. The van der Waals surface area contributed by atoms with E-state index in [1.54, 1.807) is 6.07 Å². The van der Waals surface area contributed by atoms with Gasteiger partial charge >= 0.3 is 0 Å². The molecule has 4 heteroatoms. The SMILES string of the molecule is CCC(CC1CC1)n1c(N)nc2ccc(F)cc21. The van der Waals surface area contributed by atoms with Crippen molar-refractivity contribution in [2.45, 2.75) is 38.6 Å². The molecule has 3 nitrogen and oxygen atoms in total. The van der Waals surface area contributed by atoms with Gasteiger partial charge in [-0.05, 0) is 37.0 Å². The van der Waals surface area contributed by atoms with Gasteiger partial charge in [0.25, 0.3) is 0 Å². The summed E-state index contributed by atoms with van der Waals surface area (Å²) in [6.45, 7) is 2.15. The molecule has 1 heterocycles. The fourth-order valence-electron chi connectivity index (χ4n) is 2.66. The molecule has 0 saturated heterocycles. The predicted molar refractivity (Wildman–Crippen MR) is 70.8 cm³/mol. The maximum absolute atomic E-state index is 13.4. The Balaban J connectivity index is 2.07. The average Bonchev–Trinajstić information content (AvgIpc) is 3.10. The summed E-state index contributed by atoms with van der Waals surface area (Å²) in [6.07, 6.45) is 4.76. The van der Waals surface area contributed by atoms with Crippen LogP contribution < -0.4 is 5.73 Å². The first-order valence-corrected chi connectivity index (χ1v) is 6.62. The molecule has 0 spiro atoms. The summed E-state index contributed by atoms with van der Waals surface area (Å²) in [5.74, 6) is 1.09. The second-order valence-corrected chi connectivity index (χ2v) is 5.21. The quantitative estimate of drug-likeness (QED) is 0.898. The van der Waals surface area contributed by atoms with Gasteiger partial charge in [0.1, 0.15) is 5.82 Å². The Hall–Kier alpha value is -1.58. The van der Waals surface area contributed by atoms with Crippen LogP contribution in [0.1, 0.15) is 38.6 Å². The van der Waals surface area contributed by atoms with Crippen molar-refractivity contribution in [2.24, 2.45) is 5.92 Å². The minimum Gasteiger partial charge on any atom is -0.369 e. The van der Waals surface area contributed by atoms with Gasteiger partial charge in [-0.2, -0.15) is 0 Å². The predicted octanol–water partition coefficient (Wildman–Crippen LogP) is 3.51. The highest BCUT2D eigenvalue weighted by Crippen LogP contribution is 2.39. The van der Waals surface area contributed by atoms with Crippen molar-refractivity contribution in [3.8, 4) is 0 Å². The number of fused-ring (bicyclic) bond motifs is 1. The third kappa shape index (κ3) is 1.96. The summed E-state index contributed by atoms with van der Waals surface area (Å²) in [5, 5.41) is 0. The van der Waals surface area contributed by atoms with Crippen LogP contribution in [0.4, 0.5) is 10.3 Å². The molecule has 0 radical (unpaired) electrons. The first-order chi connectivity index (χ1) is 8.69. The number of imidazole rings is 1. The number of nitrogens with two attached hydrogens (primary N) is 1. The van der Waals surface area contributed by atoms with Crippen LogP contribution in [0.3, 0.4) is 0 Å². The lowest BCUT2D eigenvalue weighted by Gasteiger charge is -2.18. The Morgan fingerprint density at radius 2 is 2.28 bits per heavy atom. The van der Waals surface area contributed by atoms with Crippen LogP contribution in [0.25, 0.3) is 11.0 Å². The topological polar surface area (TPSA) is 43.8 Å². The minimum absolute atomic E-state index is 0.232. The molecule has 2 N–H and O–H groups in total. The van der Waals surface area contributed by atoms with Gasteiger partial charge in [0.05, 0.1) is 11.0 Å². The molecule has 3 rings (SSSR count). The molecule has 1 atom stereocenters. The lowest BCUT2D eigenvalue weighted by molar-refractivity contribution is 0.442. The molecule has 1 saturated carbocycles. The van der Waals surface area contributed by atoms with Crippen molar-refractivity contribution in [3.05, 3.63) is 24.0 Å². The monoisotopic (exact) mass is 247 g/mol. The summed E-state index contributed by atoms with van der Waals surface area (Å²) < 4.78 is 15.4. The summed E-state index contributed by atoms with van der Waals surface area (Å²) in [4.78, 5) is 4.32. The molecule has 1 aromatic heterocycles. The van der Waals surface area contributed by atoms with Crippen LogP contribution in [-0.2, 0) is 0 Å². The number of hydrogen-bond donors (Lipinski definition) is 1. The number of halogens is 1. The summed E-state index contributed by atoms with van der Waals surface area (Å²) in [7, 11) is 0. The number of hydrogen-bond acceptors (Lipinski definition) is 2. The third-order valence-electron chi connectivity index (χ3n) is 3.82. The maximum atomic E-state index is 13.4. The van der Waals surface area contributed by atoms with Crippen molar-refractivity contribution in [3.63, 3.8) is 0 Å². The van der Waals surface area contributed by atoms with Crippen LogP contribution in [0, 0.1) is 11.7 Å².